The summed E-state index contributed by atoms with van der Waals surface area (Å²) in [5.41, 5.74) is 9.27. The van der Waals surface area contributed by atoms with Crippen LogP contribution in [0.15, 0.2) is 78.9 Å². The molecule has 5 aromatic rings. The van der Waals surface area contributed by atoms with Crippen molar-refractivity contribution in [1.29, 1.82) is 0 Å². The van der Waals surface area contributed by atoms with E-state index in [1.54, 1.807) is 46.2 Å². The Labute approximate surface area is 421 Å². The summed E-state index contributed by atoms with van der Waals surface area (Å²) in [6, 6.07) is 22.7. The molecule has 18 nitrogen and oxygen atoms in total. The zero-order chi connectivity index (χ0) is 50.6. The summed E-state index contributed by atoms with van der Waals surface area (Å²) in [5.74, 6) is -0.173. The quantitative estimate of drug-likeness (QED) is 0.0321. The number of amides is 6. The summed E-state index contributed by atoms with van der Waals surface area (Å²) in [5, 5.41) is 14.5. The first kappa shape index (κ1) is 52.1. The van der Waals surface area contributed by atoms with Crippen LogP contribution in [0.1, 0.15) is 67.6 Å². The van der Waals surface area contributed by atoms with Crippen molar-refractivity contribution >= 4 is 84.8 Å². The van der Waals surface area contributed by atoms with Gasteiger partial charge < -0.3 is 60.9 Å². The van der Waals surface area contributed by atoms with Crippen molar-refractivity contribution in [3.63, 3.8) is 0 Å². The lowest BCUT2D eigenvalue weighted by molar-refractivity contribution is -0.128. The maximum absolute atomic E-state index is 14.3. The zero-order valence-electron chi connectivity index (χ0n) is 40.7. The predicted molar refractivity (Wildman–Crippen MR) is 277 cm³/mol. The van der Waals surface area contributed by atoms with E-state index in [0.717, 1.165) is 40.3 Å². The molecule has 1 aromatic heterocycles. The number of alkyl halides is 1. The van der Waals surface area contributed by atoms with E-state index in [0.29, 0.717) is 78.5 Å². The molecule has 378 valence electrons. The molecule has 0 bridgehead atoms. The standard InChI is InChI=1S/C52H64BrN9O9/c1-5-55-47(32(2)3)44(63)27-34(9-8-18-56-50(54)66)48(64)58-37-14-12-33(13-15-37)31-70-51(67)57-19-24-69-38-16-17-41-35(25-38)26-42(59-41)49(65)62-30-36(29-53)46-40-11-7-6-10-39(40)45(28-43(46)62)71-52(68)61-22-20-60(4)21-23-61/h6-7,10-17,25-26,28,32,34,36,47,55,59H,5,8-9,18-24,27,29-31H2,1-4H3,(H,57,67)(H,58,64)(H3,54,56,66)/t34-,36-,47+/m1/s1. The molecule has 0 radical (unpaired) electrons. The number of Topliss-reactive ketones (excluding diaryl/α,β-unsaturated/α-hetero) is 1. The molecule has 1 saturated heterocycles. The monoisotopic (exact) mass is 1040 g/mol. The van der Waals surface area contributed by atoms with E-state index in [2.05, 4.69) is 47.1 Å². The van der Waals surface area contributed by atoms with Gasteiger partial charge in [0.25, 0.3) is 5.91 Å². The number of carbonyl (C=O) groups is 6. The van der Waals surface area contributed by atoms with Crippen LogP contribution < -0.4 is 41.4 Å². The number of primary amides is 1. The number of urea groups is 1. The van der Waals surface area contributed by atoms with Gasteiger partial charge in [-0.1, -0.05) is 73.1 Å². The van der Waals surface area contributed by atoms with E-state index < -0.39 is 24.1 Å². The number of piperazine rings is 1. The van der Waals surface area contributed by atoms with Crippen LogP contribution in [0.4, 0.5) is 25.8 Å². The Morgan fingerprint density at radius 1 is 0.901 bits per heavy atom. The second-order valence-electron chi connectivity index (χ2n) is 18.3. The van der Waals surface area contributed by atoms with Crippen molar-refractivity contribution < 1.29 is 43.0 Å². The van der Waals surface area contributed by atoms with Crippen molar-refractivity contribution in [2.45, 2.75) is 58.6 Å². The molecule has 1 fully saturated rings. The first-order valence-electron chi connectivity index (χ1n) is 24.2. The molecule has 0 aliphatic carbocycles. The third kappa shape index (κ3) is 13.4. The molecule has 7 rings (SSSR count). The fourth-order valence-corrected chi connectivity index (χ4v) is 9.60. The Morgan fingerprint density at radius 2 is 1.65 bits per heavy atom. The third-order valence-electron chi connectivity index (χ3n) is 12.9. The zero-order valence-corrected chi connectivity index (χ0v) is 42.3. The van der Waals surface area contributed by atoms with Crippen LogP contribution in [0.3, 0.4) is 0 Å². The molecule has 2 aliphatic heterocycles. The number of aromatic amines is 1. The van der Waals surface area contributed by atoms with Gasteiger partial charge >= 0.3 is 18.2 Å². The van der Waals surface area contributed by atoms with E-state index in [9.17, 15) is 28.8 Å². The van der Waals surface area contributed by atoms with Gasteiger partial charge in [-0.3, -0.25) is 14.4 Å². The first-order valence-corrected chi connectivity index (χ1v) is 25.3. The average Bonchev–Trinajstić information content (AvgIpc) is 3.96. The normalized spacial score (nSPS) is 15.5. The third-order valence-corrected chi connectivity index (χ3v) is 13.6. The number of ether oxygens (including phenoxy) is 3. The molecule has 19 heteroatoms. The molecule has 4 aromatic carbocycles. The van der Waals surface area contributed by atoms with Crippen LogP contribution in [0.5, 0.6) is 11.5 Å². The lowest BCUT2D eigenvalue weighted by Crippen LogP contribution is -2.48. The molecular weight excluding hydrogens is 975 g/mol. The molecule has 71 heavy (non-hydrogen) atoms. The number of hydrogen-bond donors (Lipinski definition) is 6. The molecule has 0 unspecified atom stereocenters. The number of rotatable bonds is 21. The minimum absolute atomic E-state index is 0.0113. The minimum Gasteiger partial charge on any atom is -0.492 e. The van der Waals surface area contributed by atoms with E-state index in [4.69, 9.17) is 19.9 Å². The number of ketones is 1. The molecule has 0 spiro atoms. The molecule has 2 aliphatic rings. The number of H-pyrrole nitrogens is 1. The lowest BCUT2D eigenvalue weighted by Gasteiger charge is -2.31. The van der Waals surface area contributed by atoms with Gasteiger partial charge in [-0.2, -0.15) is 0 Å². The van der Waals surface area contributed by atoms with Crippen LogP contribution >= 0.6 is 15.9 Å². The summed E-state index contributed by atoms with van der Waals surface area (Å²) >= 11 is 3.69. The number of hydrogen-bond acceptors (Lipinski definition) is 11. The molecule has 3 heterocycles. The van der Waals surface area contributed by atoms with Crippen LogP contribution in [0.2, 0.25) is 0 Å². The fourth-order valence-electron chi connectivity index (χ4n) is 9.07. The number of nitrogens with zero attached hydrogens (tertiary/aromatic N) is 3. The van der Waals surface area contributed by atoms with E-state index in [-0.39, 0.29) is 68.2 Å². The largest absolute Gasteiger partial charge is 0.492 e. The van der Waals surface area contributed by atoms with Crippen molar-refractivity contribution in [1.82, 2.24) is 30.7 Å². The van der Waals surface area contributed by atoms with Gasteiger partial charge in [0, 0.05) is 90.9 Å². The smallest absolute Gasteiger partial charge is 0.415 e. The number of anilines is 2. The number of alkyl carbamates (subject to hydrolysis) is 1. The van der Waals surface area contributed by atoms with Crippen molar-refractivity contribution in [2.24, 2.45) is 17.6 Å². The van der Waals surface area contributed by atoms with Gasteiger partial charge in [0.15, 0.2) is 5.78 Å². The summed E-state index contributed by atoms with van der Waals surface area (Å²) < 4.78 is 17.4. The number of benzene rings is 4. The number of nitrogens with one attached hydrogen (secondary N) is 5. The number of fused-ring (bicyclic) bond motifs is 4. The first-order chi connectivity index (χ1) is 34.2. The summed E-state index contributed by atoms with van der Waals surface area (Å²) in [7, 11) is 2.03. The Bertz CT molecular complexity index is 2700. The summed E-state index contributed by atoms with van der Waals surface area (Å²) in [6.45, 7) is 10.2. The van der Waals surface area contributed by atoms with E-state index in [1.165, 1.54) is 0 Å². The SMILES string of the molecule is CCN[C@H](C(=O)C[C@@H](CCCNC(N)=O)C(=O)Nc1ccc(COC(=O)NCCOc2ccc3[nH]c(C(=O)N4C[C@@H](CBr)c5c4cc(OC(=O)N4CCN(C)CC4)c4ccccc54)cc3c2)cc1)C(C)C. The van der Waals surface area contributed by atoms with Crippen molar-refractivity contribution in [3.8, 4) is 11.5 Å². The highest BCUT2D eigenvalue weighted by Gasteiger charge is 2.36. The van der Waals surface area contributed by atoms with E-state index >= 15 is 0 Å². The fraction of sp³-hybridized carbons (Fsp3) is 0.423. The molecule has 3 atom stereocenters. The van der Waals surface area contributed by atoms with Gasteiger partial charge in [0.1, 0.15) is 30.4 Å². The topological polar surface area (TPSA) is 230 Å². The van der Waals surface area contributed by atoms with Crippen LogP contribution in [0, 0.1) is 11.8 Å². The highest BCUT2D eigenvalue weighted by atomic mass is 79.9. The lowest BCUT2D eigenvalue weighted by atomic mass is 9.89. The predicted octanol–water partition coefficient (Wildman–Crippen LogP) is 7.11. The Balaban J connectivity index is 0.897. The molecule has 7 N–H and O–H groups in total. The van der Waals surface area contributed by atoms with Crippen LogP contribution in [0.25, 0.3) is 21.7 Å². The number of likely N-dealkylation sites (N-methyl/N-ethyl adjacent to an activating group) is 2. The van der Waals surface area contributed by atoms with Gasteiger partial charge in [-0.05, 0) is 85.3 Å². The second-order valence-corrected chi connectivity index (χ2v) is 19.0. The van der Waals surface area contributed by atoms with E-state index in [1.807, 2.05) is 70.3 Å². The summed E-state index contributed by atoms with van der Waals surface area (Å²) in [4.78, 5) is 86.9. The maximum Gasteiger partial charge on any atom is 0.415 e. The van der Waals surface area contributed by atoms with Gasteiger partial charge in [-0.15, -0.1) is 0 Å². The van der Waals surface area contributed by atoms with Crippen LogP contribution in [-0.2, 0) is 20.9 Å². The summed E-state index contributed by atoms with van der Waals surface area (Å²) in [6.07, 6.45) is -0.155. The van der Waals surface area contributed by atoms with Gasteiger partial charge in [0.05, 0.1) is 18.3 Å². The van der Waals surface area contributed by atoms with Crippen molar-refractivity contribution in [3.05, 3.63) is 95.7 Å². The highest BCUT2D eigenvalue weighted by molar-refractivity contribution is 9.09. The molecule has 6 amide bonds. The van der Waals surface area contributed by atoms with Crippen LogP contribution in [-0.4, -0.2) is 128 Å². The Kier molecular flexibility index (Phi) is 17.9. The molecular formula is C52H64BrN9O9. The number of nitrogens with two attached hydrogens (primary N) is 1. The second kappa shape index (κ2) is 24.4. The Hall–Kier alpha value is -6.70. The highest BCUT2D eigenvalue weighted by Crippen LogP contribution is 2.46. The maximum atomic E-state index is 14.3. The van der Waals surface area contributed by atoms with Gasteiger partial charge in [-0.25, -0.2) is 14.4 Å². The van der Waals surface area contributed by atoms with Gasteiger partial charge in [0.2, 0.25) is 5.91 Å². The Morgan fingerprint density at radius 3 is 2.35 bits per heavy atom. The molecule has 0 saturated carbocycles. The number of halogens is 1. The average molecular weight is 1040 g/mol. The minimum atomic E-state index is -0.651. The number of aromatic nitrogens is 1. The number of carbonyl (C=O) groups excluding carboxylic acids is 6. The van der Waals surface area contributed by atoms with Crippen molar-refractivity contribution in [2.75, 3.05) is 81.6 Å².